The molecule has 1 aromatic carbocycles. The minimum absolute atomic E-state index is 0.177. The van der Waals surface area contributed by atoms with E-state index in [0.717, 1.165) is 29.7 Å². The van der Waals surface area contributed by atoms with Gasteiger partial charge in [0, 0.05) is 22.7 Å². The normalized spacial score (nSPS) is 21.6. The molecule has 18 heavy (non-hydrogen) atoms. The average molecular weight is 314 g/mol. The molecule has 4 heteroatoms. The first-order chi connectivity index (χ1) is 8.70. The highest BCUT2D eigenvalue weighted by Crippen LogP contribution is 2.30. The predicted molar refractivity (Wildman–Crippen MR) is 76.1 cm³/mol. The van der Waals surface area contributed by atoms with Crippen LogP contribution in [0.4, 0.5) is 0 Å². The molecular weight excluding hydrogens is 294 g/mol. The molecule has 1 N–H and O–H groups in total. The smallest absolute Gasteiger partial charge is 0.125 e. The van der Waals surface area contributed by atoms with Crippen molar-refractivity contribution < 1.29 is 9.47 Å². The number of ether oxygens (including phenoxy) is 2. The first kappa shape index (κ1) is 13.8. The van der Waals surface area contributed by atoms with Crippen molar-refractivity contribution >= 4 is 15.9 Å². The van der Waals surface area contributed by atoms with E-state index in [0.29, 0.717) is 6.61 Å². The molecule has 0 bridgehead atoms. The van der Waals surface area contributed by atoms with Gasteiger partial charge in [-0.2, -0.15) is 0 Å². The number of rotatable bonds is 4. The van der Waals surface area contributed by atoms with Gasteiger partial charge in [0.25, 0.3) is 0 Å². The summed E-state index contributed by atoms with van der Waals surface area (Å²) in [6.07, 6.45) is 2.33. The third kappa shape index (κ3) is 3.46. The monoisotopic (exact) mass is 313 g/mol. The number of hydrogen-bond acceptors (Lipinski definition) is 3. The van der Waals surface area contributed by atoms with Crippen LogP contribution in [0.5, 0.6) is 5.75 Å². The number of benzene rings is 1. The summed E-state index contributed by atoms with van der Waals surface area (Å²) in [6.45, 7) is 3.69. The highest BCUT2D eigenvalue weighted by Gasteiger charge is 2.18. The Labute approximate surface area is 117 Å². The van der Waals surface area contributed by atoms with E-state index in [1.165, 1.54) is 5.56 Å². The fraction of sp³-hybridized carbons (Fsp3) is 0.571. The molecule has 0 saturated carbocycles. The molecule has 0 spiro atoms. The summed E-state index contributed by atoms with van der Waals surface area (Å²) < 4.78 is 12.6. The molecular formula is C14H20BrNO2. The van der Waals surface area contributed by atoms with Crippen LogP contribution in [0.1, 0.15) is 31.4 Å². The number of nitrogens with one attached hydrogen (secondary N) is 1. The lowest BCUT2D eigenvalue weighted by molar-refractivity contribution is 0.00685. The molecule has 2 rings (SSSR count). The largest absolute Gasteiger partial charge is 0.488 e. The van der Waals surface area contributed by atoms with Crippen molar-refractivity contribution in [2.45, 2.75) is 31.9 Å². The van der Waals surface area contributed by atoms with E-state index >= 15 is 0 Å². The van der Waals surface area contributed by atoms with Gasteiger partial charge in [-0.1, -0.05) is 22.0 Å². The van der Waals surface area contributed by atoms with Gasteiger partial charge in [-0.25, -0.2) is 0 Å². The highest BCUT2D eigenvalue weighted by atomic mass is 79.9. The quantitative estimate of drug-likeness (QED) is 0.925. The topological polar surface area (TPSA) is 30.5 Å². The Morgan fingerprint density at radius 3 is 3.00 bits per heavy atom. The minimum atomic E-state index is 0.177. The molecule has 0 aromatic heterocycles. The van der Waals surface area contributed by atoms with E-state index in [9.17, 15) is 0 Å². The SMILES string of the molecule is CNC(C)c1ccc(Br)cc1OC1CCCOC1. The van der Waals surface area contributed by atoms with Crippen molar-refractivity contribution in [3.63, 3.8) is 0 Å². The van der Waals surface area contributed by atoms with Crippen molar-refractivity contribution in [2.75, 3.05) is 20.3 Å². The van der Waals surface area contributed by atoms with Gasteiger partial charge in [0.15, 0.2) is 0 Å². The van der Waals surface area contributed by atoms with E-state index in [2.05, 4.69) is 34.2 Å². The van der Waals surface area contributed by atoms with Crippen LogP contribution < -0.4 is 10.1 Å². The first-order valence-electron chi connectivity index (χ1n) is 6.42. The second kappa shape index (κ2) is 6.55. The molecule has 100 valence electrons. The van der Waals surface area contributed by atoms with Crippen molar-refractivity contribution in [3.8, 4) is 5.75 Å². The third-order valence-electron chi connectivity index (χ3n) is 3.29. The van der Waals surface area contributed by atoms with E-state index in [4.69, 9.17) is 9.47 Å². The van der Waals surface area contributed by atoms with E-state index in [-0.39, 0.29) is 12.1 Å². The molecule has 0 amide bonds. The fourth-order valence-corrected chi connectivity index (χ4v) is 2.45. The zero-order chi connectivity index (χ0) is 13.0. The number of hydrogen-bond donors (Lipinski definition) is 1. The lowest BCUT2D eigenvalue weighted by atomic mass is 10.1. The fourth-order valence-electron chi connectivity index (χ4n) is 2.11. The van der Waals surface area contributed by atoms with E-state index < -0.39 is 0 Å². The van der Waals surface area contributed by atoms with Gasteiger partial charge in [-0.05, 0) is 38.9 Å². The van der Waals surface area contributed by atoms with Crippen LogP contribution in [0.15, 0.2) is 22.7 Å². The summed E-state index contributed by atoms with van der Waals surface area (Å²) in [5.74, 6) is 0.946. The van der Waals surface area contributed by atoms with Gasteiger partial charge < -0.3 is 14.8 Å². The van der Waals surface area contributed by atoms with Crippen LogP contribution in [0, 0.1) is 0 Å². The van der Waals surface area contributed by atoms with Crippen LogP contribution in [0.25, 0.3) is 0 Å². The van der Waals surface area contributed by atoms with Gasteiger partial charge in [0.1, 0.15) is 11.9 Å². The van der Waals surface area contributed by atoms with Crippen LogP contribution in [0.2, 0.25) is 0 Å². The zero-order valence-electron chi connectivity index (χ0n) is 10.9. The van der Waals surface area contributed by atoms with E-state index in [1.807, 2.05) is 19.2 Å². The molecule has 1 aliphatic heterocycles. The lowest BCUT2D eigenvalue weighted by Gasteiger charge is -2.26. The summed E-state index contributed by atoms with van der Waals surface area (Å²) >= 11 is 3.50. The Kier molecular flexibility index (Phi) is 5.03. The van der Waals surface area contributed by atoms with Gasteiger partial charge in [-0.3, -0.25) is 0 Å². The third-order valence-corrected chi connectivity index (χ3v) is 3.78. The standard InChI is InChI=1S/C14H20BrNO2/c1-10(16-2)13-6-5-11(15)8-14(13)18-12-4-3-7-17-9-12/h5-6,8,10,12,16H,3-4,7,9H2,1-2H3. The van der Waals surface area contributed by atoms with Crippen molar-refractivity contribution in [2.24, 2.45) is 0 Å². The summed E-state index contributed by atoms with van der Waals surface area (Å²) in [5.41, 5.74) is 1.19. The molecule has 1 fully saturated rings. The Morgan fingerprint density at radius 1 is 1.50 bits per heavy atom. The van der Waals surface area contributed by atoms with Gasteiger partial charge in [0.2, 0.25) is 0 Å². The molecule has 0 aliphatic carbocycles. The van der Waals surface area contributed by atoms with Gasteiger partial charge in [-0.15, -0.1) is 0 Å². The maximum Gasteiger partial charge on any atom is 0.125 e. The first-order valence-corrected chi connectivity index (χ1v) is 7.21. The second-order valence-electron chi connectivity index (χ2n) is 4.65. The molecule has 0 radical (unpaired) electrons. The van der Waals surface area contributed by atoms with Crippen molar-refractivity contribution in [3.05, 3.63) is 28.2 Å². The lowest BCUT2D eigenvalue weighted by Crippen LogP contribution is -2.28. The molecule has 1 saturated heterocycles. The number of halogens is 1. The van der Waals surface area contributed by atoms with Crippen molar-refractivity contribution in [1.29, 1.82) is 0 Å². The maximum absolute atomic E-state index is 6.10. The summed E-state index contributed by atoms with van der Waals surface area (Å²) in [6, 6.07) is 6.47. The Morgan fingerprint density at radius 2 is 2.33 bits per heavy atom. The Balaban J connectivity index is 2.15. The molecule has 3 nitrogen and oxygen atoms in total. The highest BCUT2D eigenvalue weighted by molar-refractivity contribution is 9.10. The summed E-state index contributed by atoms with van der Waals surface area (Å²) in [5, 5.41) is 3.25. The van der Waals surface area contributed by atoms with Crippen LogP contribution in [-0.2, 0) is 4.74 Å². The van der Waals surface area contributed by atoms with Crippen LogP contribution in [-0.4, -0.2) is 26.4 Å². The van der Waals surface area contributed by atoms with Gasteiger partial charge in [0.05, 0.1) is 6.61 Å². The predicted octanol–water partition coefficient (Wildman–Crippen LogP) is 3.29. The summed E-state index contributed by atoms with van der Waals surface area (Å²) in [4.78, 5) is 0. The average Bonchev–Trinajstić information content (AvgIpc) is 2.39. The Bertz CT molecular complexity index is 391. The molecule has 2 unspecified atom stereocenters. The van der Waals surface area contributed by atoms with E-state index in [1.54, 1.807) is 0 Å². The Hall–Kier alpha value is -0.580. The molecule has 1 aromatic rings. The molecule has 2 atom stereocenters. The van der Waals surface area contributed by atoms with Crippen molar-refractivity contribution in [1.82, 2.24) is 5.32 Å². The second-order valence-corrected chi connectivity index (χ2v) is 5.57. The molecule has 1 heterocycles. The van der Waals surface area contributed by atoms with Crippen LogP contribution in [0.3, 0.4) is 0 Å². The maximum atomic E-state index is 6.10. The summed E-state index contributed by atoms with van der Waals surface area (Å²) in [7, 11) is 1.96. The zero-order valence-corrected chi connectivity index (χ0v) is 12.5. The molecule has 1 aliphatic rings. The minimum Gasteiger partial charge on any atom is -0.488 e. The van der Waals surface area contributed by atoms with Gasteiger partial charge >= 0.3 is 0 Å². The van der Waals surface area contributed by atoms with Crippen LogP contribution >= 0.6 is 15.9 Å².